The third kappa shape index (κ3) is 4.15. The summed E-state index contributed by atoms with van der Waals surface area (Å²) >= 11 is 2.00. The van der Waals surface area contributed by atoms with Crippen molar-refractivity contribution in [1.82, 2.24) is 0 Å². The number of amides is 1. The van der Waals surface area contributed by atoms with Crippen molar-refractivity contribution >= 4 is 34.2 Å². The van der Waals surface area contributed by atoms with Gasteiger partial charge in [0, 0.05) is 9.99 Å². The van der Waals surface area contributed by atoms with Gasteiger partial charge >= 0.3 is 0 Å². The van der Waals surface area contributed by atoms with Gasteiger partial charge in [0.1, 0.15) is 5.82 Å². The van der Waals surface area contributed by atoms with Gasteiger partial charge in [-0.3, -0.25) is 4.79 Å². The van der Waals surface area contributed by atoms with E-state index in [1.165, 1.54) is 12.1 Å². The molecule has 0 aliphatic carbocycles. The second-order valence-electron chi connectivity index (χ2n) is 3.28. The van der Waals surface area contributed by atoms with Gasteiger partial charge in [0.25, 0.3) is 0 Å². The zero-order valence-corrected chi connectivity index (χ0v) is 10.7. The molecule has 0 heterocycles. The first-order valence-electron chi connectivity index (χ1n) is 4.88. The lowest BCUT2D eigenvalue weighted by atomic mass is 10.2. The number of anilines is 1. The van der Waals surface area contributed by atoms with E-state index in [2.05, 4.69) is 5.32 Å². The Hall–Kier alpha value is -0.650. The minimum absolute atomic E-state index is 0.0126. The highest BCUT2D eigenvalue weighted by Crippen LogP contribution is 2.19. The molecule has 1 aromatic carbocycles. The number of unbranched alkanes of at least 4 members (excludes halogenated alkanes) is 1. The number of nitrogens with one attached hydrogen (secondary N) is 1. The van der Waals surface area contributed by atoms with Gasteiger partial charge in [0.05, 0.1) is 5.69 Å². The molecular formula is C11H13FINO. The number of benzene rings is 1. The average Bonchev–Trinajstić information content (AvgIpc) is 2.19. The molecule has 15 heavy (non-hydrogen) atoms. The number of carbonyl (C=O) groups is 1. The van der Waals surface area contributed by atoms with Crippen LogP contribution < -0.4 is 5.32 Å². The fourth-order valence-electron chi connectivity index (χ4n) is 1.14. The molecule has 2 nitrogen and oxygen atoms in total. The molecule has 1 amide bonds. The molecule has 1 rings (SSSR count). The van der Waals surface area contributed by atoms with E-state index in [1.807, 2.05) is 29.5 Å². The summed E-state index contributed by atoms with van der Waals surface area (Å²) in [6, 6.07) is 4.33. The molecule has 0 spiro atoms. The van der Waals surface area contributed by atoms with Crippen LogP contribution in [0, 0.1) is 9.39 Å². The topological polar surface area (TPSA) is 29.1 Å². The van der Waals surface area contributed by atoms with Crippen LogP contribution in [0.15, 0.2) is 18.2 Å². The SMILES string of the molecule is CCCCC(=O)Nc1ccc(F)cc1I. The Labute approximate surface area is 102 Å². The number of rotatable bonds is 4. The summed E-state index contributed by atoms with van der Waals surface area (Å²) in [6.45, 7) is 2.04. The predicted molar refractivity (Wildman–Crippen MR) is 67.3 cm³/mol. The van der Waals surface area contributed by atoms with Crippen molar-refractivity contribution in [2.75, 3.05) is 5.32 Å². The van der Waals surface area contributed by atoms with Crippen LogP contribution in [-0.4, -0.2) is 5.91 Å². The summed E-state index contributed by atoms with van der Waals surface area (Å²) in [5.74, 6) is -0.299. The molecule has 1 N–H and O–H groups in total. The second kappa shape index (κ2) is 6.05. The van der Waals surface area contributed by atoms with Crippen molar-refractivity contribution < 1.29 is 9.18 Å². The Morgan fingerprint density at radius 2 is 2.27 bits per heavy atom. The zero-order chi connectivity index (χ0) is 11.3. The fourth-order valence-corrected chi connectivity index (χ4v) is 1.75. The highest BCUT2D eigenvalue weighted by atomic mass is 127. The first-order chi connectivity index (χ1) is 7.13. The molecular weight excluding hydrogens is 308 g/mol. The quantitative estimate of drug-likeness (QED) is 0.844. The molecule has 0 fully saturated rings. The van der Waals surface area contributed by atoms with E-state index >= 15 is 0 Å². The number of hydrogen-bond donors (Lipinski definition) is 1. The fraction of sp³-hybridized carbons (Fsp3) is 0.364. The molecule has 0 aromatic heterocycles. The van der Waals surface area contributed by atoms with E-state index in [0.717, 1.165) is 16.4 Å². The van der Waals surface area contributed by atoms with Gasteiger partial charge in [-0.15, -0.1) is 0 Å². The van der Waals surface area contributed by atoms with E-state index in [0.29, 0.717) is 12.1 Å². The molecule has 0 aliphatic heterocycles. The van der Waals surface area contributed by atoms with Gasteiger partial charge in [-0.05, 0) is 47.2 Å². The van der Waals surface area contributed by atoms with Crippen LogP contribution in [0.2, 0.25) is 0 Å². The van der Waals surface area contributed by atoms with Crippen molar-refractivity contribution in [2.45, 2.75) is 26.2 Å². The van der Waals surface area contributed by atoms with Crippen LogP contribution in [0.1, 0.15) is 26.2 Å². The standard InChI is InChI=1S/C11H13FINO/c1-2-3-4-11(15)14-10-6-5-8(12)7-9(10)13/h5-7H,2-4H2,1H3,(H,14,15). The van der Waals surface area contributed by atoms with Crippen LogP contribution >= 0.6 is 22.6 Å². The molecule has 0 bridgehead atoms. The van der Waals surface area contributed by atoms with Crippen molar-refractivity contribution in [3.8, 4) is 0 Å². The second-order valence-corrected chi connectivity index (χ2v) is 4.44. The Bertz CT molecular complexity index is 354. The Kier molecular flexibility index (Phi) is 5.01. The lowest BCUT2D eigenvalue weighted by Crippen LogP contribution is -2.11. The van der Waals surface area contributed by atoms with Gasteiger partial charge in [-0.1, -0.05) is 13.3 Å². The van der Waals surface area contributed by atoms with Gasteiger partial charge in [0.2, 0.25) is 5.91 Å². The summed E-state index contributed by atoms with van der Waals surface area (Å²) in [7, 11) is 0. The van der Waals surface area contributed by atoms with Crippen LogP contribution in [0.5, 0.6) is 0 Å². The zero-order valence-electron chi connectivity index (χ0n) is 8.52. The highest BCUT2D eigenvalue weighted by molar-refractivity contribution is 14.1. The largest absolute Gasteiger partial charge is 0.325 e. The number of halogens is 2. The van der Waals surface area contributed by atoms with E-state index in [-0.39, 0.29) is 11.7 Å². The molecule has 0 radical (unpaired) electrons. The Morgan fingerprint density at radius 1 is 1.53 bits per heavy atom. The normalized spacial score (nSPS) is 10.1. The molecule has 4 heteroatoms. The third-order valence-corrected chi connectivity index (χ3v) is 2.86. The first-order valence-corrected chi connectivity index (χ1v) is 5.96. The van der Waals surface area contributed by atoms with E-state index < -0.39 is 0 Å². The van der Waals surface area contributed by atoms with Crippen molar-refractivity contribution in [3.05, 3.63) is 27.6 Å². The third-order valence-electron chi connectivity index (χ3n) is 1.96. The maximum Gasteiger partial charge on any atom is 0.224 e. The van der Waals surface area contributed by atoms with Crippen molar-refractivity contribution in [3.63, 3.8) is 0 Å². The summed E-state index contributed by atoms with van der Waals surface area (Å²) in [6.07, 6.45) is 2.39. The maximum atomic E-state index is 12.8. The minimum atomic E-state index is -0.286. The van der Waals surface area contributed by atoms with Crippen LogP contribution in [0.4, 0.5) is 10.1 Å². The lowest BCUT2D eigenvalue weighted by molar-refractivity contribution is -0.116. The van der Waals surface area contributed by atoms with E-state index in [4.69, 9.17) is 0 Å². The monoisotopic (exact) mass is 321 g/mol. The molecule has 0 unspecified atom stereocenters. The lowest BCUT2D eigenvalue weighted by Gasteiger charge is -2.06. The van der Waals surface area contributed by atoms with Gasteiger partial charge < -0.3 is 5.32 Å². The van der Waals surface area contributed by atoms with Crippen molar-refractivity contribution in [1.29, 1.82) is 0 Å². The maximum absolute atomic E-state index is 12.8. The molecule has 1 aromatic rings. The predicted octanol–water partition coefficient (Wildman–Crippen LogP) is 3.56. The van der Waals surface area contributed by atoms with Gasteiger partial charge in [0.15, 0.2) is 0 Å². The molecule has 82 valence electrons. The summed E-state index contributed by atoms with van der Waals surface area (Å²) in [4.78, 5) is 11.4. The van der Waals surface area contributed by atoms with Gasteiger partial charge in [-0.2, -0.15) is 0 Å². The Morgan fingerprint density at radius 3 is 2.87 bits per heavy atom. The average molecular weight is 321 g/mol. The first kappa shape index (κ1) is 12.4. The van der Waals surface area contributed by atoms with Gasteiger partial charge in [-0.25, -0.2) is 4.39 Å². The number of hydrogen-bond acceptors (Lipinski definition) is 1. The van der Waals surface area contributed by atoms with Crippen molar-refractivity contribution in [2.24, 2.45) is 0 Å². The summed E-state index contributed by atoms with van der Waals surface area (Å²) < 4.78 is 13.5. The molecule has 0 saturated carbocycles. The van der Waals surface area contributed by atoms with Crippen LogP contribution in [0.3, 0.4) is 0 Å². The number of carbonyl (C=O) groups excluding carboxylic acids is 1. The molecule has 0 saturated heterocycles. The Balaban J connectivity index is 2.60. The highest BCUT2D eigenvalue weighted by Gasteiger charge is 2.05. The minimum Gasteiger partial charge on any atom is -0.325 e. The summed E-state index contributed by atoms with van der Waals surface area (Å²) in [5.41, 5.74) is 0.679. The van der Waals surface area contributed by atoms with E-state index in [9.17, 15) is 9.18 Å². The molecule has 0 atom stereocenters. The molecule has 0 aliphatic rings. The van der Waals surface area contributed by atoms with E-state index in [1.54, 1.807) is 6.07 Å². The van der Waals surface area contributed by atoms with Crippen LogP contribution in [-0.2, 0) is 4.79 Å². The van der Waals surface area contributed by atoms with Crippen LogP contribution in [0.25, 0.3) is 0 Å². The summed E-state index contributed by atoms with van der Waals surface area (Å²) in [5, 5.41) is 2.76. The smallest absolute Gasteiger partial charge is 0.224 e.